The molecule has 1 aliphatic heterocycles. The van der Waals surface area contributed by atoms with Gasteiger partial charge in [-0.1, -0.05) is 6.07 Å². The number of nitrogens with one attached hydrogen (secondary N) is 3. The van der Waals surface area contributed by atoms with Gasteiger partial charge >= 0.3 is 0 Å². The Hall–Kier alpha value is -1.39. The van der Waals surface area contributed by atoms with Crippen molar-refractivity contribution in [2.24, 2.45) is 0 Å². The summed E-state index contributed by atoms with van der Waals surface area (Å²) >= 11 is 0. The zero-order valence-corrected chi connectivity index (χ0v) is 11.2. The number of piperazine rings is 1. The van der Waals surface area contributed by atoms with Crippen LogP contribution in [0.25, 0.3) is 0 Å². The Morgan fingerprint density at radius 1 is 1.22 bits per heavy atom. The first-order valence-corrected chi connectivity index (χ1v) is 6.41. The molecule has 1 saturated heterocycles. The average molecular weight is 247 g/mol. The third-order valence-electron chi connectivity index (χ3n) is 3.43. The van der Waals surface area contributed by atoms with Crippen LogP contribution in [-0.2, 0) is 4.79 Å². The summed E-state index contributed by atoms with van der Waals surface area (Å²) in [5.74, 6) is 0.0256. The van der Waals surface area contributed by atoms with Crippen molar-refractivity contribution in [3.05, 3.63) is 29.3 Å². The first-order valence-electron chi connectivity index (χ1n) is 6.41. The summed E-state index contributed by atoms with van der Waals surface area (Å²) in [6.07, 6.45) is 0. The first kappa shape index (κ1) is 13.1. The quantitative estimate of drug-likeness (QED) is 0.736. The molecule has 1 aromatic rings. The maximum absolute atomic E-state index is 12.1. The zero-order chi connectivity index (χ0) is 13.1. The molecule has 1 heterocycles. The molecule has 2 atom stereocenters. The maximum Gasteiger partial charge on any atom is 0.242 e. The highest BCUT2D eigenvalue weighted by molar-refractivity contribution is 5.95. The molecule has 1 amide bonds. The topological polar surface area (TPSA) is 53.2 Å². The molecular formula is C14H21N3O. The number of aryl methyl sites for hydroxylation is 2. The molecule has 4 heteroatoms. The molecule has 0 aromatic heterocycles. The summed E-state index contributed by atoms with van der Waals surface area (Å²) in [4.78, 5) is 12.1. The third kappa shape index (κ3) is 3.09. The molecule has 2 rings (SSSR count). The highest BCUT2D eigenvalue weighted by Crippen LogP contribution is 2.14. The Bertz CT molecular complexity index is 437. The fourth-order valence-corrected chi connectivity index (χ4v) is 2.02. The molecule has 0 radical (unpaired) electrons. The average Bonchev–Trinajstić information content (AvgIpc) is 2.34. The van der Waals surface area contributed by atoms with Crippen LogP contribution in [0, 0.1) is 13.8 Å². The van der Waals surface area contributed by atoms with Gasteiger partial charge in [0.15, 0.2) is 0 Å². The van der Waals surface area contributed by atoms with E-state index in [-0.39, 0.29) is 11.9 Å². The van der Waals surface area contributed by atoms with Crippen molar-refractivity contribution < 1.29 is 4.79 Å². The molecule has 18 heavy (non-hydrogen) atoms. The molecule has 2 unspecified atom stereocenters. The van der Waals surface area contributed by atoms with E-state index in [1.54, 1.807) is 0 Å². The largest absolute Gasteiger partial charge is 0.325 e. The van der Waals surface area contributed by atoms with Crippen LogP contribution < -0.4 is 16.0 Å². The molecule has 1 aromatic carbocycles. The van der Waals surface area contributed by atoms with Crippen LogP contribution in [0.1, 0.15) is 18.1 Å². The zero-order valence-electron chi connectivity index (χ0n) is 11.2. The van der Waals surface area contributed by atoms with Crippen molar-refractivity contribution in [2.45, 2.75) is 32.9 Å². The summed E-state index contributed by atoms with van der Waals surface area (Å²) in [6.45, 7) is 7.72. The summed E-state index contributed by atoms with van der Waals surface area (Å²) < 4.78 is 0. The Labute approximate surface area is 108 Å². The van der Waals surface area contributed by atoms with Gasteiger partial charge in [0.25, 0.3) is 0 Å². The van der Waals surface area contributed by atoms with Gasteiger partial charge in [0.1, 0.15) is 0 Å². The lowest BCUT2D eigenvalue weighted by Gasteiger charge is -2.28. The second kappa shape index (κ2) is 5.50. The van der Waals surface area contributed by atoms with Crippen LogP contribution >= 0.6 is 0 Å². The Balaban J connectivity index is 1.96. The molecular weight excluding hydrogens is 226 g/mol. The summed E-state index contributed by atoms with van der Waals surface area (Å²) in [5.41, 5.74) is 3.29. The van der Waals surface area contributed by atoms with Crippen LogP contribution in [0.15, 0.2) is 18.2 Å². The van der Waals surface area contributed by atoms with Gasteiger partial charge in [0.2, 0.25) is 5.91 Å². The summed E-state index contributed by atoms with van der Waals surface area (Å²) in [5, 5.41) is 9.49. The number of hydrogen-bond donors (Lipinski definition) is 3. The lowest BCUT2D eigenvalue weighted by atomic mass is 10.1. The molecule has 0 saturated carbocycles. The van der Waals surface area contributed by atoms with Gasteiger partial charge < -0.3 is 16.0 Å². The van der Waals surface area contributed by atoms with Crippen LogP contribution in [0.3, 0.4) is 0 Å². The predicted octanol–water partition coefficient (Wildman–Crippen LogP) is 1.19. The van der Waals surface area contributed by atoms with Gasteiger partial charge in [0, 0.05) is 24.8 Å². The number of anilines is 1. The van der Waals surface area contributed by atoms with Gasteiger partial charge in [-0.05, 0) is 44.0 Å². The van der Waals surface area contributed by atoms with Gasteiger partial charge in [0.05, 0.1) is 6.04 Å². The fourth-order valence-electron chi connectivity index (χ4n) is 2.02. The molecule has 98 valence electrons. The van der Waals surface area contributed by atoms with Gasteiger partial charge in [-0.25, -0.2) is 0 Å². The van der Waals surface area contributed by atoms with Crippen LogP contribution in [0.2, 0.25) is 0 Å². The van der Waals surface area contributed by atoms with Crippen LogP contribution in [0.4, 0.5) is 5.69 Å². The Morgan fingerprint density at radius 2 is 2.00 bits per heavy atom. The fraction of sp³-hybridized carbons (Fsp3) is 0.500. The molecule has 1 aliphatic rings. The molecule has 0 bridgehead atoms. The Morgan fingerprint density at radius 3 is 2.61 bits per heavy atom. The minimum Gasteiger partial charge on any atom is -0.325 e. The molecule has 1 fully saturated rings. The lowest BCUT2D eigenvalue weighted by Crippen LogP contribution is -2.57. The second-order valence-electron chi connectivity index (χ2n) is 5.06. The number of carbonyl (C=O) groups is 1. The molecule has 4 nitrogen and oxygen atoms in total. The number of hydrogen-bond acceptors (Lipinski definition) is 3. The minimum absolute atomic E-state index is 0.0256. The van der Waals surface area contributed by atoms with E-state index in [4.69, 9.17) is 0 Å². The van der Waals surface area contributed by atoms with Crippen molar-refractivity contribution in [1.29, 1.82) is 0 Å². The normalized spacial score (nSPS) is 23.7. The third-order valence-corrected chi connectivity index (χ3v) is 3.43. The van der Waals surface area contributed by atoms with Crippen molar-refractivity contribution in [2.75, 3.05) is 18.4 Å². The van der Waals surface area contributed by atoms with Crippen molar-refractivity contribution >= 4 is 11.6 Å². The summed E-state index contributed by atoms with van der Waals surface area (Å²) in [6, 6.07) is 6.25. The predicted molar refractivity (Wildman–Crippen MR) is 73.8 cm³/mol. The first-order chi connectivity index (χ1) is 8.56. The van der Waals surface area contributed by atoms with E-state index >= 15 is 0 Å². The molecule has 3 N–H and O–H groups in total. The van der Waals surface area contributed by atoms with E-state index in [9.17, 15) is 4.79 Å². The van der Waals surface area contributed by atoms with Gasteiger partial charge in [-0.2, -0.15) is 0 Å². The highest BCUT2D eigenvalue weighted by atomic mass is 16.2. The maximum atomic E-state index is 12.1. The van der Waals surface area contributed by atoms with E-state index < -0.39 is 0 Å². The van der Waals surface area contributed by atoms with Crippen molar-refractivity contribution in [1.82, 2.24) is 10.6 Å². The minimum atomic E-state index is -0.150. The number of benzene rings is 1. The molecule has 0 aliphatic carbocycles. The summed E-state index contributed by atoms with van der Waals surface area (Å²) in [7, 11) is 0. The van der Waals surface area contributed by atoms with Gasteiger partial charge in [-0.15, -0.1) is 0 Å². The van der Waals surface area contributed by atoms with E-state index in [0.717, 1.165) is 12.2 Å². The van der Waals surface area contributed by atoms with Crippen LogP contribution in [0.5, 0.6) is 0 Å². The van der Waals surface area contributed by atoms with Crippen molar-refractivity contribution in [3.8, 4) is 0 Å². The highest BCUT2D eigenvalue weighted by Gasteiger charge is 2.23. The standard InChI is InChI=1S/C14H21N3O/c1-9-4-5-12(6-10(9)2)17-14(18)13-8-15-11(3)7-16-13/h4-6,11,13,15-16H,7-8H2,1-3H3,(H,17,18). The van der Waals surface area contributed by atoms with E-state index in [1.807, 2.05) is 25.1 Å². The number of carbonyl (C=O) groups excluding carboxylic acids is 1. The second-order valence-corrected chi connectivity index (χ2v) is 5.06. The smallest absolute Gasteiger partial charge is 0.242 e. The molecule has 0 spiro atoms. The lowest BCUT2D eigenvalue weighted by molar-refractivity contribution is -0.118. The van der Waals surface area contributed by atoms with Crippen LogP contribution in [-0.4, -0.2) is 31.1 Å². The van der Waals surface area contributed by atoms with E-state index in [0.29, 0.717) is 12.6 Å². The number of rotatable bonds is 2. The Kier molecular flexibility index (Phi) is 3.99. The SMILES string of the molecule is Cc1ccc(NC(=O)C2CNC(C)CN2)cc1C. The monoisotopic (exact) mass is 247 g/mol. The van der Waals surface area contributed by atoms with Gasteiger partial charge in [-0.3, -0.25) is 4.79 Å². The van der Waals surface area contributed by atoms with E-state index in [2.05, 4.69) is 29.8 Å². The number of amides is 1. The van der Waals surface area contributed by atoms with Crippen molar-refractivity contribution in [3.63, 3.8) is 0 Å². The van der Waals surface area contributed by atoms with E-state index in [1.165, 1.54) is 11.1 Å².